The van der Waals surface area contributed by atoms with Crippen LogP contribution in [0.2, 0.25) is 0 Å². The average molecular weight is 431 g/mol. The van der Waals surface area contributed by atoms with Crippen LogP contribution in [-0.4, -0.2) is 52.2 Å². The Balaban J connectivity index is 0.00000210. The summed E-state index contributed by atoms with van der Waals surface area (Å²) in [5.41, 5.74) is 2.92. The normalized spacial score (nSPS) is 14.1. The highest BCUT2D eigenvalue weighted by Crippen LogP contribution is 2.16. The van der Waals surface area contributed by atoms with Crippen molar-refractivity contribution in [3.05, 3.63) is 60.6 Å². The third-order valence-corrected chi connectivity index (χ3v) is 4.61. The van der Waals surface area contributed by atoms with E-state index in [9.17, 15) is 4.79 Å². The molecular formula is C19H21BrN5O2+. The monoisotopic (exact) mass is 430 g/mol. The highest BCUT2D eigenvalue weighted by Gasteiger charge is 2.21. The van der Waals surface area contributed by atoms with Crippen LogP contribution in [0.1, 0.15) is 5.56 Å². The number of hydrogen-bond donors (Lipinski definition) is 1. The van der Waals surface area contributed by atoms with Gasteiger partial charge in [0.15, 0.2) is 24.5 Å². The number of aromatic nitrogens is 3. The van der Waals surface area contributed by atoms with Gasteiger partial charge in [-0.2, -0.15) is 4.57 Å². The van der Waals surface area contributed by atoms with E-state index in [2.05, 4.69) is 26.6 Å². The molecule has 1 aliphatic heterocycles. The zero-order chi connectivity index (χ0) is 17.9. The quantitative estimate of drug-likeness (QED) is 0.645. The van der Waals surface area contributed by atoms with Crippen LogP contribution in [0.15, 0.2) is 55.0 Å². The van der Waals surface area contributed by atoms with Crippen molar-refractivity contribution < 1.29 is 14.5 Å². The van der Waals surface area contributed by atoms with Crippen molar-refractivity contribution in [2.24, 2.45) is 0 Å². The number of carboxylic acid groups (broad SMARTS) is 1. The smallest absolute Gasteiger partial charge is 0.407 e. The first-order valence-electron chi connectivity index (χ1n) is 8.62. The Labute approximate surface area is 167 Å². The van der Waals surface area contributed by atoms with Crippen LogP contribution >= 0.6 is 17.0 Å². The first kappa shape index (κ1) is 19.0. The van der Waals surface area contributed by atoms with Crippen LogP contribution in [-0.2, 0) is 6.54 Å². The second-order valence-electron chi connectivity index (χ2n) is 6.36. The zero-order valence-corrected chi connectivity index (χ0v) is 16.4. The lowest BCUT2D eigenvalue weighted by Gasteiger charge is -2.33. The van der Waals surface area contributed by atoms with Gasteiger partial charge in [0.2, 0.25) is 0 Å². The maximum absolute atomic E-state index is 11.0. The van der Waals surface area contributed by atoms with Crippen molar-refractivity contribution in [2.45, 2.75) is 6.54 Å². The summed E-state index contributed by atoms with van der Waals surface area (Å²) in [4.78, 5) is 23.8. The van der Waals surface area contributed by atoms with Crippen LogP contribution < -0.4 is 9.47 Å². The Morgan fingerprint density at radius 3 is 2.52 bits per heavy atom. The molecule has 1 N–H and O–H groups in total. The highest BCUT2D eigenvalue weighted by atomic mass is 79.9. The van der Waals surface area contributed by atoms with Crippen molar-refractivity contribution in [1.29, 1.82) is 0 Å². The highest BCUT2D eigenvalue weighted by molar-refractivity contribution is 8.93. The number of benzene rings is 1. The summed E-state index contributed by atoms with van der Waals surface area (Å²) in [6.07, 6.45) is 4.92. The molecule has 7 nitrogen and oxygen atoms in total. The first-order chi connectivity index (χ1) is 12.7. The van der Waals surface area contributed by atoms with E-state index in [0.29, 0.717) is 26.2 Å². The Bertz CT molecular complexity index is 930. The van der Waals surface area contributed by atoms with Gasteiger partial charge in [0.05, 0.1) is 6.20 Å². The molecule has 2 aromatic heterocycles. The first-order valence-corrected chi connectivity index (χ1v) is 8.62. The maximum atomic E-state index is 11.0. The van der Waals surface area contributed by atoms with E-state index in [1.807, 2.05) is 36.7 Å². The van der Waals surface area contributed by atoms with Crippen molar-refractivity contribution in [1.82, 2.24) is 14.9 Å². The minimum atomic E-state index is -0.864. The maximum Gasteiger partial charge on any atom is 0.407 e. The third kappa shape index (κ3) is 4.33. The van der Waals surface area contributed by atoms with E-state index >= 15 is 0 Å². The van der Waals surface area contributed by atoms with Crippen LogP contribution in [0.3, 0.4) is 0 Å². The zero-order valence-electron chi connectivity index (χ0n) is 14.7. The van der Waals surface area contributed by atoms with Gasteiger partial charge in [-0.05, 0) is 0 Å². The molecule has 0 spiro atoms. The molecule has 1 fully saturated rings. The van der Waals surface area contributed by atoms with Gasteiger partial charge >= 0.3 is 6.09 Å². The molecule has 8 heteroatoms. The van der Waals surface area contributed by atoms with Gasteiger partial charge in [-0.3, -0.25) is 0 Å². The van der Waals surface area contributed by atoms with Crippen molar-refractivity contribution >= 4 is 39.9 Å². The molecule has 0 saturated carbocycles. The largest absolute Gasteiger partial charge is 0.465 e. The standard InChI is InChI=1S/C19H19N5O2.BrH/c25-19(26)24-10-8-23(9-11-24)18-12-20-17-14-22(7-6-16(17)21-18)13-15-4-2-1-3-5-15;/h1-7,12,14H,8-11,13H2;1H/p+1. The summed E-state index contributed by atoms with van der Waals surface area (Å²) < 4.78 is 2.09. The van der Waals surface area contributed by atoms with Crippen molar-refractivity contribution in [3.8, 4) is 0 Å². The van der Waals surface area contributed by atoms with Crippen LogP contribution in [0.25, 0.3) is 11.0 Å². The predicted molar refractivity (Wildman–Crippen MR) is 107 cm³/mol. The number of anilines is 1. The minimum Gasteiger partial charge on any atom is -0.465 e. The van der Waals surface area contributed by atoms with Crippen molar-refractivity contribution in [3.63, 3.8) is 0 Å². The van der Waals surface area contributed by atoms with Crippen molar-refractivity contribution in [2.75, 3.05) is 31.1 Å². The summed E-state index contributed by atoms with van der Waals surface area (Å²) in [6, 6.07) is 12.3. The van der Waals surface area contributed by atoms with Gasteiger partial charge in [0, 0.05) is 37.8 Å². The number of amides is 1. The summed E-state index contributed by atoms with van der Waals surface area (Å²) >= 11 is 0. The second kappa shape index (κ2) is 8.30. The fourth-order valence-corrected chi connectivity index (χ4v) is 3.16. The number of nitrogens with zero attached hydrogens (tertiary/aromatic N) is 5. The van der Waals surface area contributed by atoms with Crippen LogP contribution in [0, 0.1) is 0 Å². The number of carbonyl (C=O) groups is 1. The molecule has 27 heavy (non-hydrogen) atoms. The lowest BCUT2D eigenvalue weighted by atomic mass is 10.2. The molecule has 1 aromatic carbocycles. The number of pyridine rings is 1. The molecule has 0 radical (unpaired) electrons. The number of halogens is 1. The number of hydrogen-bond acceptors (Lipinski definition) is 4. The fraction of sp³-hybridized carbons (Fsp3) is 0.263. The van der Waals surface area contributed by atoms with E-state index in [-0.39, 0.29) is 17.0 Å². The molecule has 4 rings (SSSR count). The van der Waals surface area contributed by atoms with Gasteiger partial charge in [-0.1, -0.05) is 30.3 Å². The molecule has 0 atom stereocenters. The van der Waals surface area contributed by atoms with Crippen LogP contribution in [0.5, 0.6) is 0 Å². The fourth-order valence-electron chi connectivity index (χ4n) is 3.16. The molecule has 1 amide bonds. The molecule has 3 aromatic rings. The molecule has 0 unspecified atom stereocenters. The summed E-state index contributed by atoms with van der Waals surface area (Å²) in [5, 5.41) is 9.05. The summed E-state index contributed by atoms with van der Waals surface area (Å²) in [6.45, 7) is 3.03. The molecule has 0 aliphatic carbocycles. The Kier molecular flexibility index (Phi) is 5.85. The average Bonchev–Trinajstić information content (AvgIpc) is 2.68. The Morgan fingerprint density at radius 2 is 1.81 bits per heavy atom. The van der Waals surface area contributed by atoms with Crippen LogP contribution in [0.4, 0.5) is 10.6 Å². The van der Waals surface area contributed by atoms with E-state index < -0.39 is 6.09 Å². The van der Waals surface area contributed by atoms with E-state index in [1.165, 1.54) is 10.5 Å². The molecule has 3 heterocycles. The molecule has 0 bridgehead atoms. The number of rotatable bonds is 3. The molecule has 140 valence electrons. The predicted octanol–water partition coefficient (Wildman–Crippen LogP) is 2.34. The summed E-state index contributed by atoms with van der Waals surface area (Å²) in [7, 11) is 0. The molecular weight excluding hydrogens is 410 g/mol. The molecule has 1 aliphatic rings. The Morgan fingerprint density at radius 1 is 1.07 bits per heavy atom. The Hall–Kier alpha value is -2.74. The lowest BCUT2D eigenvalue weighted by molar-refractivity contribution is -0.687. The topological polar surface area (TPSA) is 73.4 Å². The van der Waals surface area contributed by atoms with E-state index in [0.717, 1.165) is 23.4 Å². The van der Waals surface area contributed by atoms with Gasteiger partial charge in [0.25, 0.3) is 0 Å². The SMILES string of the molecule is Br.O=C(O)N1CCN(c2cnc3c[n+](Cc4ccccc4)ccc3n2)CC1. The van der Waals surface area contributed by atoms with Gasteiger partial charge in [-0.15, -0.1) is 17.0 Å². The van der Waals surface area contributed by atoms with E-state index in [1.54, 1.807) is 6.20 Å². The summed E-state index contributed by atoms with van der Waals surface area (Å²) in [5.74, 6) is 0.795. The van der Waals surface area contributed by atoms with Gasteiger partial charge in [-0.25, -0.2) is 14.8 Å². The van der Waals surface area contributed by atoms with Gasteiger partial charge in [0.1, 0.15) is 11.3 Å². The molecule has 1 saturated heterocycles. The van der Waals surface area contributed by atoms with E-state index in [4.69, 9.17) is 10.1 Å². The number of piperazine rings is 1. The lowest BCUT2D eigenvalue weighted by Crippen LogP contribution is -2.48. The minimum absolute atomic E-state index is 0. The van der Waals surface area contributed by atoms with Gasteiger partial charge < -0.3 is 14.9 Å². The third-order valence-electron chi connectivity index (χ3n) is 4.61. The number of fused-ring (bicyclic) bond motifs is 1. The second-order valence-corrected chi connectivity index (χ2v) is 6.36.